The SMILES string of the molecule is CC[C@@H](C(=O)NC(CC(=O)OC(C)(C)CN(C)C)C1OC1COc1c(F)c(F)cc(F)c1F)n1ccc2ccc(Cl)cc2c1=O. The van der Waals surface area contributed by atoms with Crippen LogP contribution in [0.2, 0.25) is 5.02 Å². The van der Waals surface area contributed by atoms with E-state index in [2.05, 4.69) is 5.32 Å². The fourth-order valence-electron chi connectivity index (χ4n) is 5.32. The summed E-state index contributed by atoms with van der Waals surface area (Å²) in [5.41, 5.74) is -1.33. The van der Waals surface area contributed by atoms with Gasteiger partial charge in [0.05, 0.1) is 12.5 Å². The average molecular weight is 656 g/mol. The average Bonchev–Trinajstić information content (AvgIpc) is 3.72. The van der Waals surface area contributed by atoms with Crippen molar-refractivity contribution < 1.29 is 41.4 Å². The molecule has 4 rings (SSSR count). The van der Waals surface area contributed by atoms with Gasteiger partial charge in [0.25, 0.3) is 5.56 Å². The van der Waals surface area contributed by atoms with Crippen molar-refractivity contribution in [3.8, 4) is 5.75 Å². The summed E-state index contributed by atoms with van der Waals surface area (Å²) < 4.78 is 73.0. The topological polar surface area (TPSA) is 102 Å². The number of likely N-dealkylation sites (N-methyl/N-ethyl adjacent to an activating group) is 1. The number of carbonyl (C=O) groups is 2. The number of hydrogen-bond donors (Lipinski definition) is 1. The number of carbonyl (C=O) groups excluding carboxylic acids is 2. The molecule has 3 aromatic rings. The van der Waals surface area contributed by atoms with E-state index in [1.54, 1.807) is 39.0 Å². The molecule has 1 aromatic heterocycles. The third-order valence-corrected chi connectivity index (χ3v) is 7.44. The van der Waals surface area contributed by atoms with Crippen LogP contribution in [0.25, 0.3) is 10.8 Å². The second-order valence-electron chi connectivity index (χ2n) is 11.7. The van der Waals surface area contributed by atoms with E-state index in [0.717, 1.165) is 0 Å². The number of pyridine rings is 1. The number of aromatic nitrogens is 1. The summed E-state index contributed by atoms with van der Waals surface area (Å²) in [6.07, 6.45) is -0.474. The highest BCUT2D eigenvalue weighted by atomic mass is 35.5. The number of rotatable bonds is 13. The molecule has 45 heavy (non-hydrogen) atoms. The Morgan fingerprint density at radius 2 is 1.78 bits per heavy atom. The van der Waals surface area contributed by atoms with Gasteiger partial charge in [0.1, 0.15) is 30.5 Å². The Morgan fingerprint density at radius 1 is 1.11 bits per heavy atom. The van der Waals surface area contributed by atoms with Crippen molar-refractivity contribution in [1.82, 2.24) is 14.8 Å². The van der Waals surface area contributed by atoms with Crippen molar-refractivity contribution in [2.45, 2.75) is 63.5 Å². The van der Waals surface area contributed by atoms with Crippen LogP contribution in [0.3, 0.4) is 0 Å². The lowest BCUT2D eigenvalue weighted by Gasteiger charge is -2.29. The Morgan fingerprint density at radius 3 is 2.40 bits per heavy atom. The molecule has 1 aliphatic rings. The molecule has 0 radical (unpaired) electrons. The molecule has 2 heterocycles. The molecule has 1 amide bonds. The van der Waals surface area contributed by atoms with Crippen molar-refractivity contribution in [3.05, 3.63) is 75.2 Å². The summed E-state index contributed by atoms with van der Waals surface area (Å²) in [5, 5.41) is 4.06. The molecular weight excluding hydrogens is 622 g/mol. The number of nitrogens with one attached hydrogen (secondary N) is 1. The highest BCUT2D eigenvalue weighted by Gasteiger charge is 2.48. The molecule has 3 unspecified atom stereocenters. The zero-order chi connectivity index (χ0) is 33.2. The third-order valence-electron chi connectivity index (χ3n) is 7.20. The van der Waals surface area contributed by atoms with Crippen LogP contribution in [0.4, 0.5) is 17.6 Å². The van der Waals surface area contributed by atoms with Crippen molar-refractivity contribution in [3.63, 3.8) is 0 Å². The van der Waals surface area contributed by atoms with E-state index in [0.29, 0.717) is 22.3 Å². The molecule has 14 heteroatoms. The highest BCUT2D eigenvalue weighted by Crippen LogP contribution is 2.32. The van der Waals surface area contributed by atoms with Crippen LogP contribution in [0.15, 0.2) is 41.3 Å². The molecule has 0 bridgehead atoms. The van der Waals surface area contributed by atoms with Crippen molar-refractivity contribution in [1.29, 1.82) is 0 Å². The van der Waals surface area contributed by atoms with Crippen molar-refractivity contribution in [2.24, 2.45) is 0 Å². The molecule has 2 aromatic carbocycles. The molecule has 0 spiro atoms. The minimum atomic E-state index is -1.71. The summed E-state index contributed by atoms with van der Waals surface area (Å²) in [6.45, 7) is 5.00. The smallest absolute Gasteiger partial charge is 0.308 e. The number of hydrogen-bond acceptors (Lipinski definition) is 7. The Bertz CT molecular complexity index is 1620. The number of esters is 1. The maximum Gasteiger partial charge on any atom is 0.308 e. The summed E-state index contributed by atoms with van der Waals surface area (Å²) in [7, 11) is 3.62. The van der Waals surface area contributed by atoms with E-state index in [4.69, 9.17) is 25.8 Å². The van der Waals surface area contributed by atoms with Crippen LogP contribution < -0.4 is 15.6 Å². The van der Waals surface area contributed by atoms with Crippen LogP contribution in [-0.2, 0) is 19.1 Å². The van der Waals surface area contributed by atoms with Gasteiger partial charge in [0.2, 0.25) is 17.5 Å². The van der Waals surface area contributed by atoms with Gasteiger partial charge in [0, 0.05) is 29.2 Å². The number of benzene rings is 2. The monoisotopic (exact) mass is 655 g/mol. The van der Waals surface area contributed by atoms with Crippen molar-refractivity contribution in [2.75, 3.05) is 27.2 Å². The van der Waals surface area contributed by atoms with Crippen LogP contribution in [0.5, 0.6) is 5.75 Å². The first-order valence-electron chi connectivity index (χ1n) is 14.2. The van der Waals surface area contributed by atoms with Crippen molar-refractivity contribution >= 4 is 34.2 Å². The number of halogens is 5. The van der Waals surface area contributed by atoms with Gasteiger partial charge in [-0.15, -0.1) is 0 Å². The Kier molecular flexibility index (Phi) is 10.5. The Labute approximate surface area is 262 Å². The molecular formula is C31H34ClF4N3O6. The van der Waals surface area contributed by atoms with E-state index < -0.39 is 83.0 Å². The minimum absolute atomic E-state index is 0.0581. The van der Waals surface area contributed by atoms with Gasteiger partial charge in [-0.25, -0.2) is 8.78 Å². The summed E-state index contributed by atoms with van der Waals surface area (Å²) in [4.78, 5) is 41.8. The Hall–Kier alpha value is -3.68. The van der Waals surface area contributed by atoms with E-state index in [-0.39, 0.29) is 18.9 Å². The van der Waals surface area contributed by atoms with Gasteiger partial charge in [-0.05, 0) is 57.9 Å². The fourth-order valence-corrected chi connectivity index (χ4v) is 5.49. The predicted molar refractivity (Wildman–Crippen MR) is 158 cm³/mol. The van der Waals surface area contributed by atoms with Gasteiger partial charge >= 0.3 is 5.97 Å². The standard InChI is InChI=1S/C31H34ClF4N3O6/c1-6-22(39-10-9-16-7-8-17(32)11-18(16)30(39)42)29(41)37-21(13-24(40)45-31(2,3)15-38(4)5)27-23(44-27)14-43-28-25(35)19(33)12-20(34)26(28)36/h7-12,21-23,27H,6,13-15H2,1-5H3,(H,37,41)/t21?,22-,23?,27?/m0/s1. The molecule has 9 nitrogen and oxygen atoms in total. The normalized spacial score (nSPS) is 17.7. The van der Waals surface area contributed by atoms with E-state index in [1.807, 2.05) is 19.0 Å². The third kappa shape index (κ3) is 8.13. The van der Waals surface area contributed by atoms with Gasteiger partial charge < -0.3 is 29.0 Å². The molecule has 4 atom stereocenters. The Balaban J connectivity index is 1.55. The van der Waals surface area contributed by atoms with Gasteiger partial charge in [-0.2, -0.15) is 8.78 Å². The second kappa shape index (κ2) is 13.8. The molecule has 244 valence electrons. The highest BCUT2D eigenvalue weighted by molar-refractivity contribution is 6.31. The first kappa shape index (κ1) is 34.2. The predicted octanol–water partition coefficient (Wildman–Crippen LogP) is 4.77. The van der Waals surface area contributed by atoms with Gasteiger partial charge in [-0.1, -0.05) is 24.6 Å². The van der Waals surface area contributed by atoms with E-state index >= 15 is 0 Å². The number of fused-ring (bicyclic) bond motifs is 1. The maximum atomic E-state index is 14.1. The summed E-state index contributed by atoms with van der Waals surface area (Å²) in [5.74, 6) is -9.23. The molecule has 1 fully saturated rings. The van der Waals surface area contributed by atoms with Crippen LogP contribution in [0, 0.1) is 23.3 Å². The quantitative estimate of drug-likeness (QED) is 0.123. The van der Waals surface area contributed by atoms with E-state index in [9.17, 15) is 31.9 Å². The second-order valence-corrected chi connectivity index (χ2v) is 12.2. The largest absolute Gasteiger partial charge is 0.485 e. The number of ether oxygens (including phenoxy) is 3. The van der Waals surface area contributed by atoms with Crippen LogP contribution in [-0.4, -0.2) is 72.4 Å². The zero-order valence-electron chi connectivity index (χ0n) is 25.3. The summed E-state index contributed by atoms with van der Waals surface area (Å²) in [6, 6.07) is 4.56. The zero-order valence-corrected chi connectivity index (χ0v) is 26.1. The number of nitrogens with zero attached hydrogens (tertiary/aromatic N) is 2. The van der Waals surface area contributed by atoms with Crippen LogP contribution >= 0.6 is 11.6 Å². The minimum Gasteiger partial charge on any atom is -0.485 e. The molecule has 1 saturated heterocycles. The lowest BCUT2D eigenvalue weighted by atomic mass is 10.1. The lowest BCUT2D eigenvalue weighted by molar-refractivity contribution is -0.158. The molecule has 0 aliphatic carbocycles. The van der Waals surface area contributed by atoms with E-state index in [1.165, 1.54) is 16.8 Å². The summed E-state index contributed by atoms with van der Waals surface area (Å²) >= 11 is 6.09. The first-order valence-corrected chi connectivity index (χ1v) is 14.6. The molecule has 0 saturated carbocycles. The van der Waals surface area contributed by atoms with Gasteiger partial charge in [-0.3, -0.25) is 14.4 Å². The molecule has 1 N–H and O–H groups in total. The van der Waals surface area contributed by atoms with Gasteiger partial charge in [0.15, 0.2) is 17.4 Å². The number of epoxide rings is 1. The number of amides is 1. The first-order chi connectivity index (χ1) is 21.1. The molecule has 1 aliphatic heterocycles. The lowest BCUT2D eigenvalue weighted by Crippen LogP contribution is -2.47. The van der Waals surface area contributed by atoms with Crippen LogP contribution in [0.1, 0.15) is 39.7 Å². The fraction of sp³-hybridized carbons (Fsp3) is 0.452. The maximum absolute atomic E-state index is 14.1.